The number of methoxy groups -OCH3 is 2. The van der Waals surface area contributed by atoms with Gasteiger partial charge in [-0.3, -0.25) is 23.8 Å². The Kier molecular flexibility index (Phi) is 9.20. The van der Waals surface area contributed by atoms with Gasteiger partial charge in [0.1, 0.15) is 15.8 Å². The SMILES string of the molecule is COc1ccc(CCN2C(=O)/C(=C\c3c(N4CCN(Cc5ccccc5)CC4)nc4ccc(C)cn4c3=O)SC2=S)cc1OC. The molecule has 0 spiro atoms. The zero-order valence-corrected chi connectivity index (χ0v) is 27.2. The third kappa shape index (κ3) is 6.61. The number of pyridine rings is 1. The van der Waals surface area contributed by atoms with Crippen molar-refractivity contribution in [2.24, 2.45) is 0 Å². The van der Waals surface area contributed by atoms with E-state index in [0.29, 0.717) is 63.8 Å². The minimum atomic E-state index is -0.210. The summed E-state index contributed by atoms with van der Waals surface area (Å²) in [7, 11) is 3.19. The number of nitrogens with zero attached hydrogens (tertiary/aromatic N) is 5. The standard InChI is InChI=1S/C34H35N5O4S2/c1-23-9-12-30-35-31(37-17-15-36(16-18-37)22-25-7-5-4-6-8-25)26(32(40)39(30)21-23)20-29-33(41)38(34(44)45-29)14-13-24-10-11-27(42-2)28(19-24)43-3/h4-12,19-21H,13-18,22H2,1-3H3/b29-20+. The van der Waals surface area contributed by atoms with Crippen LogP contribution < -0.4 is 19.9 Å². The van der Waals surface area contributed by atoms with Gasteiger partial charge in [-0.15, -0.1) is 0 Å². The second kappa shape index (κ2) is 13.4. The fourth-order valence-corrected chi connectivity index (χ4v) is 6.97. The molecular weight excluding hydrogens is 607 g/mol. The zero-order valence-electron chi connectivity index (χ0n) is 25.6. The number of fused-ring (bicyclic) bond motifs is 1. The molecule has 2 fully saturated rings. The first-order chi connectivity index (χ1) is 21.8. The predicted molar refractivity (Wildman–Crippen MR) is 183 cm³/mol. The van der Waals surface area contributed by atoms with Crippen LogP contribution in [0.2, 0.25) is 0 Å². The number of benzene rings is 2. The normalized spacial score (nSPS) is 16.6. The summed E-state index contributed by atoms with van der Waals surface area (Å²) >= 11 is 6.85. The van der Waals surface area contributed by atoms with E-state index >= 15 is 0 Å². The Morgan fingerprint density at radius 2 is 1.69 bits per heavy atom. The van der Waals surface area contributed by atoms with Crippen molar-refractivity contribution >= 4 is 51.7 Å². The fourth-order valence-electron chi connectivity index (χ4n) is 5.67. The topological polar surface area (TPSA) is 79.6 Å². The molecule has 2 aromatic heterocycles. The number of hydrogen-bond donors (Lipinski definition) is 0. The number of carbonyl (C=O) groups excluding carboxylic acids is 1. The lowest BCUT2D eigenvalue weighted by atomic mass is 10.1. The number of carbonyl (C=O) groups is 1. The van der Waals surface area contributed by atoms with Crippen molar-refractivity contribution in [1.29, 1.82) is 0 Å². The molecular formula is C34H35N5O4S2. The molecule has 0 radical (unpaired) electrons. The maximum Gasteiger partial charge on any atom is 0.267 e. The molecule has 0 N–H and O–H groups in total. The van der Waals surface area contributed by atoms with Gasteiger partial charge >= 0.3 is 0 Å². The van der Waals surface area contributed by atoms with E-state index in [4.69, 9.17) is 26.7 Å². The van der Waals surface area contributed by atoms with E-state index in [1.165, 1.54) is 17.3 Å². The van der Waals surface area contributed by atoms with Crippen LogP contribution in [0.25, 0.3) is 11.7 Å². The summed E-state index contributed by atoms with van der Waals surface area (Å²) in [6.07, 6.45) is 4.06. The third-order valence-corrected chi connectivity index (χ3v) is 9.51. The average molecular weight is 642 g/mol. The number of aryl methyl sites for hydroxylation is 1. The molecule has 2 saturated heterocycles. The molecule has 0 atom stereocenters. The van der Waals surface area contributed by atoms with Gasteiger partial charge in [0.2, 0.25) is 0 Å². The van der Waals surface area contributed by atoms with E-state index in [-0.39, 0.29) is 11.5 Å². The third-order valence-electron chi connectivity index (χ3n) is 8.13. The maximum absolute atomic E-state index is 14.0. The molecule has 0 aliphatic carbocycles. The minimum absolute atomic E-state index is 0.207. The molecule has 1 amide bonds. The Bertz CT molecular complexity index is 1830. The van der Waals surface area contributed by atoms with E-state index in [1.807, 2.05) is 43.3 Å². The molecule has 0 saturated carbocycles. The smallest absolute Gasteiger partial charge is 0.267 e. The van der Waals surface area contributed by atoms with E-state index < -0.39 is 0 Å². The molecule has 4 aromatic rings. The number of rotatable bonds is 9. The first-order valence-electron chi connectivity index (χ1n) is 14.8. The number of ether oxygens (including phenoxy) is 2. The molecule has 2 aliphatic rings. The van der Waals surface area contributed by atoms with Crippen molar-refractivity contribution in [3.8, 4) is 11.5 Å². The average Bonchev–Trinajstić information content (AvgIpc) is 3.33. The van der Waals surface area contributed by atoms with Gasteiger partial charge in [0.05, 0.1) is 24.7 Å². The lowest BCUT2D eigenvalue weighted by Gasteiger charge is -2.36. The second-order valence-electron chi connectivity index (χ2n) is 11.1. The molecule has 45 heavy (non-hydrogen) atoms. The number of amides is 1. The molecule has 2 aliphatic heterocycles. The molecule has 232 valence electrons. The van der Waals surface area contributed by atoms with E-state index in [1.54, 1.807) is 35.8 Å². The summed E-state index contributed by atoms with van der Waals surface area (Å²) in [5.41, 5.74) is 3.98. The van der Waals surface area contributed by atoms with Gasteiger partial charge in [-0.25, -0.2) is 4.98 Å². The molecule has 4 heterocycles. The first kappa shape index (κ1) is 30.8. The van der Waals surface area contributed by atoms with Crippen LogP contribution in [0.3, 0.4) is 0 Å². The van der Waals surface area contributed by atoms with Crippen LogP contribution in [-0.4, -0.2) is 76.4 Å². The lowest BCUT2D eigenvalue weighted by molar-refractivity contribution is -0.122. The van der Waals surface area contributed by atoms with Crippen LogP contribution in [0.15, 0.2) is 76.6 Å². The Balaban J connectivity index is 1.26. The molecule has 9 nitrogen and oxygen atoms in total. The molecule has 0 bridgehead atoms. The van der Waals surface area contributed by atoms with Crippen molar-refractivity contribution < 1.29 is 14.3 Å². The summed E-state index contributed by atoms with van der Waals surface area (Å²) in [6.45, 7) is 6.32. The summed E-state index contributed by atoms with van der Waals surface area (Å²) in [6, 6.07) is 20.0. The van der Waals surface area contributed by atoms with Crippen LogP contribution in [0.1, 0.15) is 22.3 Å². The fraction of sp³-hybridized carbons (Fsp3) is 0.294. The van der Waals surface area contributed by atoms with E-state index in [0.717, 1.165) is 30.8 Å². The zero-order chi connectivity index (χ0) is 31.5. The highest BCUT2D eigenvalue weighted by Gasteiger charge is 2.33. The van der Waals surface area contributed by atoms with Crippen LogP contribution in [0, 0.1) is 6.92 Å². The van der Waals surface area contributed by atoms with Gasteiger partial charge in [-0.1, -0.05) is 66.4 Å². The summed E-state index contributed by atoms with van der Waals surface area (Å²) in [5, 5.41) is 0. The number of thiocarbonyl (C=S) groups is 1. The van der Waals surface area contributed by atoms with Crippen molar-refractivity contribution in [3.05, 3.63) is 104 Å². The molecule has 11 heteroatoms. The highest BCUT2D eigenvalue weighted by Crippen LogP contribution is 2.34. The van der Waals surface area contributed by atoms with Gasteiger partial charge in [0.25, 0.3) is 11.5 Å². The van der Waals surface area contributed by atoms with Gasteiger partial charge in [-0.2, -0.15) is 0 Å². The highest BCUT2D eigenvalue weighted by molar-refractivity contribution is 8.26. The monoisotopic (exact) mass is 641 g/mol. The van der Waals surface area contributed by atoms with Gasteiger partial charge in [-0.05, 0) is 54.3 Å². The Morgan fingerprint density at radius 3 is 2.42 bits per heavy atom. The Labute approximate surface area is 272 Å². The number of thioether (sulfide) groups is 1. The van der Waals surface area contributed by atoms with Crippen LogP contribution >= 0.6 is 24.0 Å². The highest BCUT2D eigenvalue weighted by atomic mass is 32.2. The number of piperazine rings is 1. The van der Waals surface area contributed by atoms with Crippen molar-refractivity contribution in [2.45, 2.75) is 19.9 Å². The lowest BCUT2D eigenvalue weighted by Crippen LogP contribution is -2.47. The van der Waals surface area contributed by atoms with Gasteiger partial charge in [0, 0.05) is 45.5 Å². The van der Waals surface area contributed by atoms with E-state index in [9.17, 15) is 9.59 Å². The van der Waals surface area contributed by atoms with Crippen LogP contribution in [0.4, 0.5) is 5.82 Å². The summed E-state index contributed by atoms with van der Waals surface area (Å²) in [4.78, 5) is 39.2. The number of hydrogen-bond acceptors (Lipinski definition) is 9. The van der Waals surface area contributed by atoms with Gasteiger partial charge < -0.3 is 14.4 Å². The minimum Gasteiger partial charge on any atom is -0.493 e. The molecule has 0 unspecified atom stereocenters. The Morgan fingerprint density at radius 1 is 0.933 bits per heavy atom. The summed E-state index contributed by atoms with van der Waals surface area (Å²) < 4.78 is 12.8. The van der Waals surface area contributed by atoms with Crippen molar-refractivity contribution in [1.82, 2.24) is 19.2 Å². The Hall–Kier alpha value is -4.19. The van der Waals surface area contributed by atoms with Gasteiger partial charge in [0.15, 0.2) is 11.5 Å². The predicted octanol–water partition coefficient (Wildman–Crippen LogP) is 4.79. The van der Waals surface area contributed by atoms with Crippen molar-refractivity contribution in [3.63, 3.8) is 0 Å². The largest absolute Gasteiger partial charge is 0.493 e. The summed E-state index contributed by atoms with van der Waals surface area (Å²) in [5.74, 6) is 1.67. The molecule has 2 aromatic carbocycles. The van der Waals surface area contributed by atoms with Crippen LogP contribution in [0.5, 0.6) is 11.5 Å². The van der Waals surface area contributed by atoms with E-state index in [2.05, 4.69) is 34.1 Å². The first-order valence-corrected chi connectivity index (χ1v) is 16.1. The number of anilines is 1. The molecule has 6 rings (SSSR count). The van der Waals surface area contributed by atoms with Crippen molar-refractivity contribution in [2.75, 3.05) is 51.8 Å². The maximum atomic E-state index is 14.0. The second-order valence-corrected chi connectivity index (χ2v) is 12.8. The number of aromatic nitrogens is 2. The van der Waals surface area contributed by atoms with Crippen LogP contribution in [-0.2, 0) is 17.8 Å². The quantitative estimate of drug-likeness (QED) is 0.189.